The monoisotopic (exact) mass is 714 g/mol. The van der Waals surface area contributed by atoms with Crippen molar-refractivity contribution in [2.24, 2.45) is 0 Å². The molecule has 0 spiro atoms. The fourth-order valence-electron chi connectivity index (χ4n) is 10.0. The number of hydrogen-bond donors (Lipinski definition) is 0. The average molecular weight is 715 g/mol. The third-order valence-corrected chi connectivity index (χ3v) is 17.0. The number of rotatable bonds is 4. The lowest BCUT2D eigenvalue weighted by atomic mass is 10.1. The topological polar surface area (TPSA) is 9.86 Å². The number of hydrogen-bond acceptors (Lipinski definition) is 0. The normalized spacial score (nSPS) is 13.2. The van der Waals surface area contributed by atoms with Gasteiger partial charge in [-0.25, -0.2) is 0 Å². The van der Waals surface area contributed by atoms with Gasteiger partial charge in [0.15, 0.2) is 8.07 Å². The van der Waals surface area contributed by atoms with Gasteiger partial charge >= 0.3 is 0 Å². The number of nitrogens with zero attached hydrogens (tertiary/aromatic N) is 2. The molecule has 0 atom stereocenters. The van der Waals surface area contributed by atoms with Crippen molar-refractivity contribution in [1.82, 2.24) is 9.13 Å². The molecule has 0 radical (unpaired) electrons. The van der Waals surface area contributed by atoms with Crippen LogP contribution in [0.3, 0.4) is 0 Å². The van der Waals surface area contributed by atoms with Gasteiger partial charge in [-0.3, -0.25) is 0 Å². The van der Waals surface area contributed by atoms with Gasteiger partial charge in [-0.05, 0) is 79.7 Å². The molecule has 3 heteroatoms. The standard InChI is InChI=1S/C52H34N2Si/c1-3-18-37(19-4-1)55(38-20-5-2-6-21-38)49-29-14-11-23-40(49)41-31-30-36(34-50(41)55)53-45-26-12-9-24-42(45)51-47(53)32-33-48-52(51)43-25-10-13-27-46(43)54(48)44-28-15-17-35-16-7-8-22-39(35)44/h1-34H. The van der Waals surface area contributed by atoms with E-state index in [1.165, 1.54) is 97.6 Å². The van der Waals surface area contributed by atoms with E-state index in [9.17, 15) is 0 Å². The molecule has 0 amide bonds. The lowest BCUT2D eigenvalue weighted by Gasteiger charge is -2.31. The maximum absolute atomic E-state index is 2.66. The van der Waals surface area contributed by atoms with Crippen LogP contribution in [0, 0.1) is 0 Å². The molecule has 0 N–H and O–H groups in total. The highest BCUT2D eigenvalue weighted by Gasteiger charge is 2.48. The Hall–Kier alpha value is -6.94. The first kappa shape index (κ1) is 30.5. The van der Waals surface area contributed by atoms with Gasteiger partial charge in [-0.1, -0.05) is 164 Å². The molecule has 0 unspecified atom stereocenters. The number of para-hydroxylation sites is 2. The quantitative estimate of drug-likeness (QED) is 0.161. The van der Waals surface area contributed by atoms with Crippen LogP contribution in [-0.4, -0.2) is 17.2 Å². The molecule has 9 aromatic carbocycles. The Balaban J connectivity index is 1.19. The van der Waals surface area contributed by atoms with Gasteiger partial charge < -0.3 is 9.13 Å². The third-order valence-electron chi connectivity index (χ3n) is 12.2. The summed E-state index contributed by atoms with van der Waals surface area (Å²) >= 11 is 0. The maximum Gasteiger partial charge on any atom is 0.180 e. The second-order valence-electron chi connectivity index (χ2n) is 14.8. The molecule has 2 aromatic heterocycles. The molecule has 256 valence electrons. The Bertz CT molecular complexity index is 3270. The van der Waals surface area contributed by atoms with Gasteiger partial charge in [-0.2, -0.15) is 0 Å². The van der Waals surface area contributed by atoms with E-state index < -0.39 is 8.07 Å². The summed E-state index contributed by atoms with van der Waals surface area (Å²) < 4.78 is 5.00. The molecular formula is C52H34N2Si. The van der Waals surface area contributed by atoms with Crippen molar-refractivity contribution in [3.05, 3.63) is 206 Å². The van der Waals surface area contributed by atoms with E-state index in [4.69, 9.17) is 0 Å². The Morgan fingerprint density at radius 3 is 1.56 bits per heavy atom. The van der Waals surface area contributed by atoms with E-state index in [0.29, 0.717) is 0 Å². The molecule has 11 aromatic rings. The van der Waals surface area contributed by atoms with E-state index in [1.807, 2.05) is 0 Å². The summed E-state index contributed by atoms with van der Waals surface area (Å²) in [6.07, 6.45) is 0. The predicted molar refractivity (Wildman–Crippen MR) is 235 cm³/mol. The van der Waals surface area contributed by atoms with Crippen molar-refractivity contribution in [2.75, 3.05) is 0 Å². The van der Waals surface area contributed by atoms with Crippen LogP contribution in [0.4, 0.5) is 0 Å². The highest BCUT2D eigenvalue weighted by molar-refractivity contribution is 7.22. The van der Waals surface area contributed by atoms with Crippen molar-refractivity contribution in [3.8, 4) is 22.5 Å². The first-order valence-corrected chi connectivity index (χ1v) is 21.1. The SMILES string of the molecule is c1ccc([Si]2(c3ccccc3)c3ccccc3-c3ccc(-n4c5ccccc5c5c6c7ccccc7n(-c7cccc8ccccc78)c6ccc54)cc32)cc1. The van der Waals surface area contributed by atoms with Crippen molar-refractivity contribution >= 4 is 83.2 Å². The zero-order chi connectivity index (χ0) is 36.1. The van der Waals surface area contributed by atoms with Gasteiger partial charge in [0, 0.05) is 32.6 Å². The summed E-state index contributed by atoms with van der Waals surface area (Å²) in [5.74, 6) is 0. The van der Waals surface area contributed by atoms with Gasteiger partial charge in [0.2, 0.25) is 0 Å². The van der Waals surface area contributed by atoms with Gasteiger partial charge in [0.05, 0.1) is 27.8 Å². The predicted octanol–water partition coefficient (Wildman–Crippen LogP) is 10.4. The van der Waals surface area contributed by atoms with E-state index in [2.05, 4.69) is 215 Å². The minimum absolute atomic E-state index is 1.19. The highest BCUT2D eigenvalue weighted by Crippen LogP contribution is 2.43. The molecule has 0 aliphatic carbocycles. The Kier molecular flexibility index (Phi) is 6.39. The molecule has 0 saturated heterocycles. The zero-order valence-corrected chi connectivity index (χ0v) is 31.0. The molecule has 55 heavy (non-hydrogen) atoms. The fourth-order valence-corrected chi connectivity index (χ4v) is 15.2. The van der Waals surface area contributed by atoms with Crippen molar-refractivity contribution in [3.63, 3.8) is 0 Å². The summed E-state index contributed by atoms with van der Waals surface area (Å²) in [5, 5.41) is 13.3. The third kappa shape index (κ3) is 4.08. The van der Waals surface area contributed by atoms with Crippen LogP contribution in [0.5, 0.6) is 0 Å². The first-order chi connectivity index (χ1) is 27.3. The lowest BCUT2D eigenvalue weighted by molar-refractivity contribution is 1.18. The minimum Gasteiger partial charge on any atom is -0.309 e. The molecule has 0 bridgehead atoms. The Morgan fingerprint density at radius 2 is 0.855 bits per heavy atom. The van der Waals surface area contributed by atoms with Crippen LogP contribution in [0.2, 0.25) is 0 Å². The van der Waals surface area contributed by atoms with E-state index in [-0.39, 0.29) is 0 Å². The van der Waals surface area contributed by atoms with Gasteiger partial charge in [0.25, 0.3) is 0 Å². The van der Waals surface area contributed by atoms with Crippen LogP contribution < -0.4 is 20.7 Å². The number of benzene rings is 9. The van der Waals surface area contributed by atoms with Crippen molar-refractivity contribution < 1.29 is 0 Å². The minimum atomic E-state index is -2.66. The highest BCUT2D eigenvalue weighted by atomic mass is 28.3. The Morgan fingerprint density at radius 1 is 0.327 bits per heavy atom. The molecule has 1 aliphatic heterocycles. The van der Waals surface area contributed by atoms with Gasteiger partial charge in [-0.15, -0.1) is 0 Å². The van der Waals surface area contributed by atoms with Gasteiger partial charge in [0.1, 0.15) is 0 Å². The molecule has 2 nitrogen and oxygen atoms in total. The van der Waals surface area contributed by atoms with Crippen LogP contribution >= 0.6 is 0 Å². The largest absolute Gasteiger partial charge is 0.309 e. The van der Waals surface area contributed by atoms with Crippen LogP contribution in [0.1, 0.15) is 0 Å². The summed E-state index contributed by atoms with van der Waals surface area (Å²) in [7, 11) is -2.66. The lowest BCUT2D eigenvalue weighted by Crippen LogP contribution is -2.72. The molecule has 1 aliphatic rings. The smallest absolute Gasteiger partial charge is 0.180 e. The summed E-state index contributed by atoms with van der Waals surface area (Å²) in [6.45, 7) is 0. The molecule has 12 rings (SSSR count). The molecule has 0 fully saturated rings. The average Bonchev–Trinajstić information content (AvgIpc) is 3.88. The second kappa shape index (κ2) is 11.5. The first-order valence-electron chi connectivity index (χ1n) is 19.1. The van der Waals surface area contributed by atoms with Crippen LogP contribution in [0.25, 0.3) is 76.9 Å². The molecular weight excluding hydrogens is 681 g/mol. The summed E-state index contributed by atoms with van der Waals surface area (Å²) in [4.78, 5) is 0. The van der Waals surface area contributed by atoms with Crippen molar-refractivity contribution in [2.45, 2.75) is 0 Å². The van der Waals surface area contributed by atoms with Crippen LogP contribution in [0.15, 0.2) is 206 Å². The van der Waals surface area contributed by atoms with E-state index >= 15 is 0 Å². The second-order valence-corrected chi connectivity index (χ2v) is 18.5. The summed E-state index contributed by atoms with van der Waals surface area (Å²) in [6, 6.07) is 77.0. The fraction of sp³-hybridized carbons (Fsp3) is 0. The molecule has 0 saturated carbocycles. The van der Waals surface area contributed by atoms with E-state index in [0.717, 1.165) is 0 Å². The molecule has 3 heterocycles. The number of aromatic nitrogens is 2. The van der Waals surface area contributed by atoms with E-state index in [1.54, 1.807) is 0 Å². The number of fused-ring (bicyclic) bond motifs is 11. The van der Waals surface area contributed by atoms with Crippen molar-refractivity contribution in [1.29, 1.82) is 0 Å². The maximum atomic E-state index is 2.54. The Labute approximate surface area is 319 Å². The zero-order valence-electron chi connectivity index (χ0n) is 30.0. The summed E-state index contributed by atoms with van der Waals surface area (Å²) in [5.41, 5.74) is 9.97. The van der Waals surface area contributed by atoms with Crippen LogP contribution in [-0.2, 0) is 0 Å².